The van der Waals surface area contributed by atoms with E-state index >= 15 is 0 Å². The van der Waals surface area contributed by atoms with E-state index in [9.17, 15) is 9.59 Å². The lowest BCUT2D eigenvalue weighted by molar-refractivity contribution is -0.124. The summed E-state index contributed by atoms with van der Waals surface area (Å²) in [6, 6.07) is 5.89. The molecular weight excluding hydrogens is 346 g/mol. The Morgan fingerprint density at radius 3 is 2.44 bits per heavy atom. The van der Waals surface area contributed by atoms with Gasteiger partial charge in [0.15, 0.2) is 0 Å². The first-order chi connectivity index (χ1) is 12.7. The molecule has 4 rings (SSSR count). The van der Waals surface area contributed by atoms with Crippen LogP contribution in [-0.2, 0) is 26.5 Å². The van der Waals surface area contributed by atoms with Gasteiger partial charge in [0, 0.05) is 6.42 Å². The first-order valence-corrected chi connectivity index (χ1v) is 8.82. The monoisotopic (exact) mass is 367 g/mol. The van der Waals surface area contributed by atoms with E-state index in [0.29, 0.717) is 18.0 Å². The Bertz CT molecular complexity index is 935. The molecular formula is C20H21N3O4. The molecule has 0 radical (unpaired) electrons. The average Bonchev–Trinajstić information content (AvgIpc) is 3.01. The van der Waals surface area contributed by atoms with E-state index in [-0.39, 0.29) is 29.8 Å². The Morgan fingerprint density at radius 1 is 1.11 bits per heavy atom. The summed E-state index contributed by atoms with van der Waals surface area (Å²) in [5.41, 5.74) is 1.50. The third-order valence-corrected chi connectivity index (χ3v) is 5.02. The highest BCUT2D eigenvalue weighted by Gasteiger charge is 2.45. The molecule has 0 unspecified atom stereocenters. The minimum absolute atomic E-state index is 0.147. The number of hydrogen-bond acceptors (Lipinski definition) is 6. The van der Waals surface area contributed by atoms with Crippen molar-refractivity contribution in [2.24, 2.45) is 5.41 Å². The van der Waals surface area contributed by atoms with Gasteiger partial charge in [-0.3, -0.25) is 9.59 Å². The predicted octanol–water partition coefficient (Wildman–Crippen LogP) is 3.32. The minimum Gasteiger partial charge on any atom is -0.424 e. The topological polar surface area (TPSA) is 81.6 Å². The van der Waals surface area contributed by atoms with E-state index in [1.54, 1.807) is 13.8 Å². The van der Waals surface area contributed by atoms with Crippen molar-refractivity contribution in [3.63, 3.8) is 0 Å². The summed E-state index contributed by atoms with van der Waals surface area (Å²) in [6.07, 6.45) is 3.04. The number of carbonyl (C=O) groups is 2. The highest BCUT2D eigenvalue weighted by Crippen LogP contribution is 2.38. The molecule has 7 heteroatoms. The number of aromatic nitrogens is 2. The van der Waals surface area contributed by atoms with Gasteiger partial charge in [0.25, 0.3) is 0 Å². The molecule has 2 amide bonds. The smallest absolute Gasteiger partial charge is 0.322 e. The summed E-state index contributed by atoms with van der Waals surface area (Å²) in [4.78, 5) is 34.0. The van der Waals surface area contributed by atoms with Crippen LogP contribution in [0.1, 0.15) is 45.2 Å². The first kappa shape index (κ1) is 17.6. The molecule has 27 heavy (non-hydrogen) atoms. The van der Waals surface area contributed by atoms with E-state index in [2.05, 4.69) is 9.97 Å². The van der Waals surface area contributed by atoms with Gasteiger partial charge in [-0.15, -0.1) is 0 Å². The van der Waals surface area contributed by atoms with E-state index in [4.69, 9.17) is 9.47 Å². The van der Waals surface area contributed by atoms with Gasteiger partial charge in [0.1, 0.15) is 5.75 Å². The van der Waals surface area contributed by atoms with Gasteiger partial charge < -0.3 is 9.47 Å². The summed E-state index contributed by atoms with van der Waals surface area (Å²) >= 11 is 0. The highest BCUT2D eigenvalue weighted by atomic mass is 16.5. The molecule has 2 aromatic rings. The molecule has 0 aliphatic carbocycles. The fourth-order valence-electron chi connectivity index (χ4n) is 3.43. The lowest BCUT2D eigenvalue weighted by Crippen LogP contribution is -2.33. The Balaban J connectivity index is 1.54. The number of nitrogens with zero attached hydrogens (tertiary/aromatic N) is 3. The Hall–Kier alpha value is -2.80. The van der Waals surface area contributed by atoms with Gasteiger partial charge in [-0.05, 0) is 37.1 Å². The van der Waals surface area contributed by atoms with Crippen LogP contribution in [-0.4, -0.2) is 21.8 Å². The van der Waals surface area contributed by atoms with Crippen molar-refractivity contribution in [2.45, 2.75) is 46.3 Å². The third-order valence-electron chi connectivity index (χ3n) is 5.02. The molecule has 2 aliphatic rings. The van der Waals surface area contributed by atoms with E-state index in [0.717, 1.165) is 16.0 Å². The predicted molar refractivity (Wildman–Crippen MR) is 97.3 cm³/mol. The third kappa shape index (κ3) is 2.98. The zero-order valence-electron chi connectivity index (χ0n) is 15.8. The van der Waals surface area contributed by atoms with Crippen LogP contribution in [0.5, 0.6) is 11.8 Å². The van der Waals surface area contributed by atoms with Crippen LogP contribution >= 0.6 is 0 Å². The van der Waals surface area contributed by atoms with Gasteiger partial charge in [-0.2, -0.15) is 0 Å². The largest absolute Gasteiger partial charge is 0.424 e. The number of imide groups is 1. The van der Waals surface area contributed by atoms with Gasteiger partial charge in [-0.25, -0.2) is 14.9 Å². The van der Waals surface area contributed by atoms with Crippen LogP contribution < -0.4 is 9.64 Å². The van der Waals surface area contributed by atoms with Crippen LogP contribution in [0.25, 0.3) is 0 Å². The molecule has 1 saturated heterocycles. The van der Waals surface area contributed by atoms with Crippen molar-refractivity contribution in [3.05, 3.63) is 41.7 Å². The zero-order chi connectivity index (χ0) is 19.4. The van der Waals surface area contributed by atoms with Gasteiger partial charge >= 0.3 is 6.01 Å². The van der Waals surface area contributed by atoms with Crippen molar-refractivity contribution < 1.29 is 19.1 Å². The summed E-state index contributed by atoms with van der Waals surface area (Å²) in [7, 11) is 0. The van der Waals surface area contributed by atoms with Crippen LogP contribution in [0, 0.1) is 5.41 Å². The number of benzene rings is 1. The number of hydrogen-bond donors (Lipinski definition) is 0. The molecule has 0 atom stereocenters. The van der Waals surface area contributed by atoms with Crippen LogP contribution in [0.15, 0.2) is 30.6 Å². The second kappa shape index (κ2) is 5.85. The lowest BCUT2D eigenvalue weighted by Gasteiger charge is -2.19. The van der Waals surface area contributed by atoms with E-state index in [1.165, 1.54) is 12.4 Å². The summed E-state index contributed by atoms with van der Waals surface area (Å²) < 4.78 is 11.5. The van der Waals surface area contributed by atoms with Crippen LogP contribution in [0.3, 0.4) is 0 Å². The van der Waals surface area contributed by atoms with Gasteiger partial charge in [0.05, 0.1) is 35.7 Å². The number of anilines is 1. The summed E-state index contributed by atoms with van der Waals surface area (Å²) in [5, 5.41) is 0. The molecule has 1 aromatic carbocycles. The van der Waals surface area contributed by atoms with Crippen molar-refractivity contribution in [1.29, 1.82) is 0 Å². The second-order valence-electron chi connectivity index (χ2n) is 8.04. The average molecular weight is 367 g/mol. The maximum Gasteiger partial charge on any atom is 0.322 e. The summed E-state index contributed by atoms with van der Waals surface area (Å²) in [5.74, 6) is 0.114. The fraction of sp³-hybridized carbons (Fsp3) is 0.400. The molecule has 0 N–H and O–H groups in total. The van der Waals surface area contributed by atoms with Crippen LogP contribution in [0.2, 0.25) is 0 Å². The maximum absolute atomic E-state index is 12.4. The Labute approximate surface area is 157 Å². The Kier molecular flexibility index (Phi) is 3.82. The van der Waals surface area contributed by atoms with Crippen molar-refractivity contribution in [1.82, 2.24) is 9.97 Å². The highest BCUT2D eigenvalue weighted by molar-refractivity contribution is 6.22. The molecule has 3 heterocycles. The van der Waals surface area contributed by atoms with Crippen LogP contribution in [0.4, 0.5) is 5.69 Å². The number of amides is 2. The van der Waals surface area contributed by atoms with Gasteiger partial charge in [-0.1, -0.05) is 19.9 Å². The molecule has 1 fully saturated rings. The molecule has 0 bridgehead atoms. The van der Waals surface area contributed by atoms with E-state index in [1.807, 2.05) is 32.0 Å². The number of ether oxygens (including phenoxy) is 2. The number of rotatable bonds is 3. The normalized spacial score (nSPS) is 20.1. The SMILES string of the molecule is CC1(C)CC(=O)N(c2cnc(Oc3ccc4c(c3)C(C)(C)OC4)nc2)C1=O. The molecule has 2 aliphatic heterocycles. The fourth-order valence-corrected chi connectivity index (χ4v) is 3.43. The van der Waals surface area contributed by atoms with Crippen molar-refractivity contribution in [3.8, 4) is 11.8 Å². The lowest BCUT2D eigenvalue weighted by atomic mass is 9.92. The number of carbonyl (C=O) groups excluding carboxylic acids is 2. The van der Waals surface area contributed by atoms with Crippen molar-refractivity contribution in [2.75, 3.05) is 4.90 Å². The van der Waals surface area contributed by atoms with Gasteiger partial charge in [0.2, 0.25) is 11.8 Å². The first-order valence-electron chi connectivity index (χ1n) is 8.82. The molecule has 140 valence electrons. The summed E-state index contributed by atoms with van der Waals surface area (Å²) in [6.45, 7) is 8.12. The molecule has 1 aromatic heterocycles. The maximum atomic E-state index is 12.4. The van der Waals surface area contributed by atoms with E-state index < -0.39 is 5.41 Å². The minimum atomic E-state index is -0.703. The standard InChI is InChI=1S/C20H21N3O4/c1-19(2)8-16(24)23(17(19)25)13-9-21-18(22-10-13)27-14-6-5-12-11-26-20(3,4)15(12)7-14/h5-7,9-10H,8,11H2,1-4H3. The molecule has 0 saturated carbocycles. The Morgan fingerprint density at radius 2 is 1.81 bits per heavy atom. The molecule has 0 spiro atoms. The zero-order valence-corrected chi connectivity index (χ0v) is 15.8. The molecule has 7 nitrogen and oxygen atoms in total. The number of fused-ring (bicyclic) bond motifs is 1. The van der Waals surface area contributed by atoms with Crippen molar-refractivity contribution >= 4 is 17.5 Å². The second-order valence-corrected chi connectivity index (χ2v) is 8.04. The quantitative estimate of drug-likeness (QED) is 0.774.